The third-order valence-corrected chi connectivity index (χ3v) is 2.52. The normalized spacial score (nSPS) is 10.6. The molecule has 6 nitrogen and oxygen atoms in total. The van der Waals surface area contributed by atoms with Gasteiger partial charge in [-0.2, -0.15) is 0 Å². The topological polar surface area (TPSA) is 101 Å². The Kier molecular flexibility index (Phi) is 2.86. The van der Waals surface area contributed by atoms with Crippen LogP contribution in [0.5, 0.6) is 5.75 Å². The number of aryl methyl sites for hydroxylation is 1. The van der Waals surface area contributed by atoms with Crippen molar-refractivity contribution in [1.82, 2.24) is 9.97 Å². The minimum atomic E-state index is -0.839. The van der Waals surface area contributed by atoms with Crippen LogP contribution in [0.3, 0.4) is 0 Å². The van der Waals surface area contributed by atoms with E-state index in [1.54, 1.807) is 0 Å². The highest BCUT2D eigenvalue weighted by Crippen LogP contribution is 2.29. The van der Waals surface area contributed by atoms with Gasteiger partial charge in [-0.05, 0) is 18.1 Å². The predicted octanol–water partition coefficient (Wildman–Crippen LogP) is 1.17. The van der Waals surface area contributed by atoms with Crippen molar-refractivity contribution in [2.24, 2.45) is 0 Å². The summed E-state index contributed by atoms with van der Waals surface area (Å²) in [6.07, 6.45) is 0.461. The molecule has 4 N–H and O–H groups in total. The highest BCUT2D eigenvalue weighted by atomic mass is 16.5. The maximum Gasteiger partial charge on any atom is 0.303 e. The van der Waals surface area contributed by atoms with Gasteiger partial charge in [-0.3, -0.25) is 4.79 Å². The van der Waals surface area contributed by atoms with E-state index in [4.69, 9.17) is 15.6 Å². The number of aliphatic carboxylic acids is 1. The van der Waals surface area contributed by atoms with Gasteiger partial charge in [0.25, 0.3) is 0 Å². The molecule has 2 rings (SSSR count). The maximum atomic E-state index is 10.6. The zero-order chi connectivity index (χ0) is 12.4. The van der Waals surface area contributed by atoms with Crippen LogP contribution >= 0.6 is 0 Å². The minimum absolute atomic E-state index is 0.0573. The maximum absolute atomic E-state index is 10.6. The minimum Gasteiger partial charge on any atom is -0.494 e. The Morgan fingerprint density at radius 3 is 3.00 bits per heavy atom. The summed E-state index contributed by atoms with van der Waals surface area (Å²) >= 11 is 0. The lowest BCUT2D eigenvalue weighted by atomic mass is 10.1. The smallest absolute Gasteiger partial charge is 0.303 e. The number of carboxylic acids is 1. The van der Waals surface area contributed by atoms with Crippen LogP contribution in [0.2, 0.25) is 0 Å². The Labute approximate surface area is 97.4 Å². The molecular weight excluding hydrogens is 222 g/mol. The fourth-order valence-electron chi connectivity index (χ4n) is 1.78. The van der Waals surface area contributed by atoms with Crippen LogP contribution in [-0.4, -0.2) is 28.2 Å². The Morgan fingerprint density at radius 2 is 2.35 bits per heavy atom. The Morgan fingerprint density at radius 1 is 1.59 bits per heavy atom. The highest BCUT2D eigenvalue weighted by Gasteiger charge is 2.12. The monoisotopic (exact) mass is 235 g/mol. The van der Waals surface area contributed by atoms with E-state index in [0.717, 1.165) is 11.1 Å². The standard InChI is InChI=1S/C11H13N3O3/c1-17-10-6(3-5-8(15)16)2-4-7-9(10)14-11(12)13-7/h2,4H,3,5H2,1H3,(H,15,16)(H3,12,13,14). The number of fused-ring (bicyclic) bond motifs is 1. The van der Waals surface area contributed by atoms with Gasteiger partial charge in [-0.1, -0.05) is 6.07 Å². The molecule has 1 aromatic carbocycles. The van der Waals surface area contributed by atoms with Crippen molar-refractivity contribution in [3.63, 3.8) is 0 Å². The fourth-order valence-corrected chi connectivity index (χ4v) is 1.78. The lowest BCUT2D eigenvalue weighted by Gasteiger charge is -2.07. The number of carboxylic acid groups (broad SMARTS) is 1. The largest absolute Gasteiger partial charge is 0.494 e. The molecule has 17 heavy (non-hydrogen) atoms. The number of rotatable bonds is 4. The van der Waals surface area contributed by atoms with Crippen molar-refractivity contribution in [2.75, 3.05) is 12.8 Å². The van der Waals surface area contributed by atoms with Crippen molar-refractivity contribution < 1.29 is 14.6 Å². The first-order valence-electron chi connectivity index (χ1n) is 5.14. The zero-order valence-corrected chi connectivity index (χ0v) is 9.36. The first-order valence-corrected chi connectivity index (χ1v) is 5.14. The lowest BCUT2D eigenvalue weighted by molar-refractivity contribution is -0.136. The lowest BCUT2D eigenvalue weighted by Crippen LogP contribution is -2.00. The Hall–Kier alpha value is -2.24. The van der Waals surface area contributed by atoms with E-state index in [1.165, 1.54) is 7.11 Å². The third kappa shape index (κ3) is 2.15. The molecule has 90 valence electrons. The number of aromatic amines is 1. The molecule has 0 aliphatic heterocycles. The number of nitrogen functional groups attached to an aromatic ring is 1. The number of methoxy groups -OCH3 is 1. The average molecular weight is 235 g/mol. The Balaban J connectivity index is 2.44. The molecule has 0 saturated heterocycles. The number of nitrogens with two attached hydrogens (primary N) is 1. The van der Waals surface area contributed by atoms with Crippen molar-refractivity contribution in [3.8, 4) is 5.75 Å². The van der Waals surface area contributed by atoms with Crippen LogP contribution in [-0.2, 0) is 11.2 Å². The van der Waals surface area contributed by atoms with Crippen LogP contribution in [0.1, 0.15) is 12.0 Å². The number of nitrogens with one attached hydrogen (secondary N) is 1. The summed E-state index contributed by atoms with van der Waals surface area (Å²) in [7, 11) is 1.53. The molecule has 0 bridgehead atoms. The third-order valence-electron chi connectivity index (χ3n) is 2.52. The van der Waals surface area contributed by atoms with Gasteiger partial charge < -0.3 is 20.6 Å². The second-order valence-electron chi connectivity index (χ2n) is 3.67. The highest BCUT2D eigenvalue weighted by molar-refractivity contribution is 5.85. The summed E-state index contributed by atoms with van der Waals surface area (Å²) < 4.78 is 5.27. The molecule has 0 unspecified atom stereocenters. The van der Waals surface area contributed by atoms with E-state index < -0.39 is 5.97 Å². The summed E-state index contributed by atoms with van der Waals surface area (Å²) in [5, 5.41) is 8.67. The van der Waals surface area contributed by atoms with Gasteiger partial charge >= 0.3 is 5.97 Å². The summed E-state index contributed by atoms with van der Waals surface area (Å²) in [5.41, 5.74) is 7.79. The summed E-state index contributed by atoms with van der Waals surface area (Å²) in [6, 6.07) is 3.64. The molecule has 0 aliphatic carbocycles. The van der Waals surface area contributed by atoms with Crippen LogP contribution in [0, 0.1) is 0 Å². The van der Waals surface area contributed by atoms with Gasteiger partial charge in [0.1, 0.15) is 11.3 Å². The van der Waals surface area contributed by atoms with Gasteiger partial charge in [0.05, 0.1) is 12.6 Å². The predicted molar refractivity (Wildman–Crippen MR) is 63.0 cm³/mol. The van der Waals surface area contributed by atoms with E-state index in [1.807, 2.05) is 12.1 Å². The van der Waals surface area contributed by atoms with E-state index in [-0.39, 0.29) is 6.42 Å². The number of nitrogens with zero attached hydrogens (tertiary/aromatic N) is 1. The number of anilines is 1. The van der Waals surface area contributed by atoms with Crippen molar-refractivity contribution in [3.05, 3.63) is 17.7 Å². The Bertz CT molecular complexity index is 562. The van der Waals surface area contributed by atoms with Gasteiger partial charge in [0.15, 0.2) is 5.95 Å². The van der Waals surface area contributed by atoms with Crippen LogP contribution < -0.4 is 10.5 Å². The van der Waals surface area contributed by atoms with Crippen molar-refractivity contribution >= 4 is 23.0 Å². The van der Waals surface area contributed by atoms with Crippen molar-refractivity contribution in [1.29, 1.82) is 0 Å². The number of H-pyrrole nitrogens is 1. The van der Waals surface area contributed by atoms with Crippen LogP contribution in [0.15, 0.2) is 12.1 Å². The van der Waals surface area contributed by atoms with Gasteiger partial charge in [-0.15, -0.1) is 0 Å². The average Bonchev–Trinajstić information content (AvgIpc) is 2.65. The molecule has 0 fully saturated rings. The molecule has 2 aromatic rings. The number of hydrogen-bond donors (Lipinski definition) is 3. The number of hydrogen-bond acceptors (Lipinski definition) is 4. The van der Waals surface area contributed by atoms with Crippen LogP contribution in [0.25, 0.3) is 11.0 Å². The van der Waals surface area contributed by atoms with Crippen LogP contribution in [0.4, 0.5) is 5.95 Å². The second-order valence-corrected chi connectivity index (χ2v) is 3.67. The zero-order valence-electron chi connectivity index (χ0n) is 9.36. The first-order chi connectivity index (χ1) is 8.11. The molecular formula is C11H13N3O3. The molecule has 0 amide bonds. The first kappa shape index (κ1) is 11.3. The molecule has 0 aliphatic rings. The van der Waals surface area contributed by atoms with E-state index >= 15 is 0 Å². The molecule has 0 spiro atoms. The number of carbonyl (C=O) groups is 1. The van der Waals surface area contributed by atoms with Crippen molar-refractivity contribution in [2.45, 2.75) is 12.8 Å². The van der Waals surface area contributed by atoms with E-state index in [9.17, 15) is 4.79 Å². The van der Waals surface area contributed by atoms with Gasteiger partial charge in [0, 0.05) is 6.42 Å². The molecule has 1 aromatic heterocycles. The summed E-state index contributed by atoms with van der Waals surface area (Å²) in [6.45, 7) is 0. The fraction of sp³-hybridized carbons (Fsp3) is 0.273. The number of ether oxygens (including phenoxy) is 1. The molecule has 6 heteroatoms. The molecule has 1 heterocycles. The number of imidazole rings is 1. The van der Waals surface area contributed by atoms with Gasteiger partial charge in [0.2, 0.25) is 0 Å². The number of benzene rings is 1. The van der Waals surface area contributed by atoms with E-state index in [0.29, 0.717) is 23.6 Å². The second kappa shape index (κ2) is 4.32. The summed E-state index contributed by atoms with van der Waals surface area (Å²) in [4.78, 5) is 17.6. The van der Waals surface area contributed by atoms with E-state index in [2.05, 4.69) is 9.97 Å². The molecule has 0 atom stereocenters. The summed E-state index contributed by atoms with van der Waals surface area (Å²) in [5.74, 6) is 0.0547. The number of aromatic nitrogens is 2. The molecule has 0 radical (unpaired) electrons. The SMILES string of the molecule is COc1c(CCC(=O)O)ccc2[nH]c(N)nc12. The quantitative estimate of drug-likeness (QED) is 0.738. The molecule has 0 saturated carbocycles. The van der Waals surface area contributed by atoms with Gasteiger partial charge in [-0.25, -0.2) is 4.98 Å².